The summed E-state index contributed by atoms with van der Waals surface area (Å²) < 4.78 is 14.1. The summed E-state index contributed by atoms with van der Waals surface area (Å²) in [5.41, 5.74) is 0.610. The Bertz CT molecular complexity index is 344. The Balaban J connectivity index is 2.43. The van der Waals surface area contributed by atoms with Gasteiger partial charge >= 0.3 is 0 Å². The highest BCUT2D eigenvalue weighted by molar-refractivity contribution is 9.10. The molecule has 1 rings (SSSR count). The van der Waals surface area contributed by atoms with Crippen molar-refractivity contribution in [3.8, 4) is 0 Å². The van der Waals surface area contributed by atoms with Gasteiger partial charge in [-0.15, -0.1) is 0 Å². The van der Waals surface area contributed by atoms with E-state index in [9.17, 15) is 9.50 Å². The van der Waals surface area contributed by atoms with E-state index in [1.54, 1.807) is 12.1 Å². The van der Waals surface area contributed by atoms with Crippen molar-refractivity contribution in [3.05, 3.63) is 34.1 Å². The lowest BCUT2D eigenvalue weighted by atomic mass is 10.1. The minimum atomic E-state index is -0.390. The number of aliphatic hydroxyl groups excluding tert-OH is 1. The van der Waals surface area contributed by atoms with E-state index in [2.05, 4.69) is 21.2 Å². The molecule has 0 heterocycles. The minimum Gasteiger partial charge on any atom is -0.392 e. The number of halogens is 2. The monoisotopic (exact) mass is 289 g/mol. The van der Waals surface area contributed by atoms with Crippen LogP contribution in [0.25, 0.3) is 0 Å². The summed E-state index contributed by atoms with van der Waals surface area (Å²) in [6.45, 7) is 4.81. The first-order valence-corrected chi connectivity index (χ1v) is 6.12. The summed E-state index contributed by atoms with van der Waals surface area (Å²) >= 11 is 3.21. The van der Waals surface area contributed by atoms with Gasteiger partial charge in [-0.05, 0) is 18.1 Å². The number of benzene rings is 1. The van der Waals surface area contributed by atoms with Gasteiger partial charge in [-0.1, -0.05) is 35.8 Å². The van der Waals surface area contributed by atoms with Crippen molar-refractivity contribution >= 4 is 15.9 Å². The molecule has 4 heteroatoms. The van der Waals surface area contributed by atoms with Gasteiger partial charge in [-0.3, -0.25) is 0 Å². The predicted octanol–water partition coefficient (Wildman–Crippen LogP) is 2.69. The zero-order chi connectivity index (χ0) is 12.1. The lowest BCUT2D eigenvalue weighted by Crippen LogP contribution is -2.30. The molecule has 16 heavy (non-hydrogen) atoms. The smallest absolute Gasteiger partial charge is 0.128 e. The SMILES string of the molecule is CC(C)C(O)CNCc1ccc(Br)cc1F. The summed E-state index contributed by atoms with van der Waals surface area (Å²) in [6.07, 6.45) is -0.390. The third kappa shape index (κ3) is 4.20. The van der Waals surface area contributed by atoms with E-state index in [1.807, 2.05) is 13.8 Å². The van der Waals surface area contributed by atoms with Gasteiger partial charge in [0.05, 0.1) is 6.10 Å². The molecule has 0 bridgehead atoms. The molecule has 1 aromatic rings. The molecule has 2 nitrogen and oxygen atoms in total. The van der Waals surface area contributed by atoms with E-state index in [4.69, 9.17) is 0 Å². The molecule has 0 aliphatic rings. The number of hydrogen-bond acceptors (Lipinski definition) is 2. The van der Waals surface area contributed by atoms with Gasteiger partial charge in [-0.2, -0.15) is 0 Å². The maximum absolute atomic E-state index is 13.4. The van der Waals surface area contributed by atoms with E-state index in [0.29, 0.717) is 18.7 Å². The van der Waals surface area contributed by atoms with Crippen LogP contribution in [0.3, 0.4) is 0 Å². The van der Waals surface area contributed by atoms with Gasteiger partial charge in [0.25, 0.3) is 0 Å². The van der Waals surface area contributed by atoms with Crippen LogP contribution >= 0.6 is 15.9 Å². The summed E-state index contributed by atoms with van der Waals surface area (Å²) in [5.74, 6) is -0.0248. The largest absolute Gasteiger partial charge is 0.392 e. The Morgan fingerprint density at radius 3 is 2.69 bits per heavy atom. The van der Waals surface area contributed by atoms with Crippen LogP contribution in [-0.2, 0) is 6.54 Å². The Morgan fingerprint density at radius 1 is 1.44 bits per heavy atom. The van der Waals surface area contributed by atoms with Crippen LogP contribution in [0.5, 0.6) is 0 Å². The number of aliphatic hydroxyl groups is 1. The van der Waals surface area contributed by atoms with Crippen LogP contribution in [0.2, 0.25) is 0 Å². The third-order valence-electron chi connectivity index (χ3n) is 2.45. The summed E-state index contributed by atoms with van der Waals surface area (Å²) in [5, 5.41) is 12.6. The number of rotatable bonds is 5. The zero-order valence-electron chi connectivity index (χ0n) is 9.50. The first kappa shape index (κ1) is 13.6. The molecular formula is C12H17BrFNO. The molecule has 0 aliphatic carbocycles. The average Bonchev–Trinajstić information content (AvgIpc) is 2.20. The van der Waals surface area contributed by atoms with Crippen LogP contribution in [-0.4, -0.2) is 17.8 Å². The summed E-state index contributed by atoms with van der Waals surface area (Å²) in [6, 6.07) is 4.98. The molecule has 0 aromatic heterocycles. The highest BCUT2D eigenvalue weighted by Gasteiger charge is 2.09. The molecule has 0 saturated heterocycles. The maximum atomic E-state index is 13.4. The van der Waals surface area contributed by atoms with Crippen molar-refractivity contribution < 1.29 is 9.50 Å². The second-order valence-electron chi connectivity index (χ2n) is 4.18. The molecule has 1 atom stereocenters. The highest BCUT2D eigenvalue weighted by atomic mass is 79.9. The van der Waals surface area contributed by atoms with Gasteiger partial charge in [0.1, 0.15) is 5.82 Å². The van der Waals surface area contributed by atoms with Crippen LogP contribution in [0, 0.1) is 11.7 Å². The first-order valence-electron chi connectivity index (χ1n) is 5.33. The Morgan fingerprint density at radius 2 is 2.12 bits per heavy atom. The molecule has 0 spiro atoms. The van der Waals surface area contributed by atoms with Gasteiger partial charge in [0.15, 0.2) is 0 Å². The first-order chi connectivity index (χ1) is 7.50. The van der Waals surface area contributed by atoms with Crippen LogP contribution < -0.4 is 5.32 Å². The minimum absolute atomic E-state index is 0.210. The quantitative estimate of drug-likeness (QED) is 0.874. The summed E-state index contributed by atoms with van der Waals surface area (Å²) in [4.78, 5) is 0. The molecule has 1 aromatic carbocycles. The molecule has 2 N–H and O–H groups in total. The Hall–Kier alpha value is -0.450. The zero-order valence-corrected chi connectivity index (χ0v) is 11.1. The molecule has 0 radical (unpaired) electrons. The van der Waals surface area contributed by atoms with Crippen molar-refractivity contribution in [2.24, 2.45) is 5.92 Å². The molecule has 0 fully saturated rings. The average molecular weight is 290 g/mol. The van der Waals surface area contributed by atoms with E-state index >= 15 is 0 Å². The third-order valence-corrected chi connectivity index (χ3v) is 2.95. The predicted molar refractivity (Wildman–Crippen MR) is 66.7 cm³/mol. The molecular weight excluding hydrogens is 273 g/mol. The topological polar surface area (TPSA) is 32.3 Å². The van der Waals surface area contributed by atoms with Crippen molar-refractivity contribution in [2.45, 2.75) is 26.5 Å². The molecule has 90 valence electrons. The normalized spacial score (nSPS) is 13.1. The lowest BCUT2D eigenvalue weighted by Gasteiger charge is -2.15. The Labute approximate surface area is 104 Å². The maximum Gasteiger partial charge on any atom is 0.128 e. The highest BCUT2D eigenvalue weighted by Crippen LogP contribution is 2.15. The van der Waals surface area contributed by atoms with Gasteiger partial charge < -0.3 is 10.4 Å². The number of nitrogens with one attached hydrogen (secondary N) is 1. The van der Waals surface area contributed by atoms with Gasteiger partial charge in [-0.25, -0.2) is 4.39 Å². The fraction of sp³-hybridized carbons (Fsp3) is 0.500. The van der Waals surface area contributed by atoms with Crippen molar-refractivity contribution in [3.63, 3.8) is 0 Å². The van der Waals surface area contributed by atoms with E-state index < -0.39 is 6.10 Å². The second-order valence-corrected chi connectivity index (χ2v) is 5.09. The van der Waals surface area contributed by atoms with E-state index in [0.717, 1.165) is 4.47 Å². The van der Waals surface area contributed by atoms with Gasteiger partial charge in [0, 0.05) is 23.1 Å². The molecule has 0 amide bonds. The molecule has 0 saturated carbocycles. The lowest BCUT2D eigenvalue weighted by molar-refractivity contribution is 0.123. The molecule has 1 unspecified atom stereocenters. The van der Waals surface area contributed by atoms with Crippen LogP contribution in [0.15, 0.2) is 22.7 Å². The standard InChI is InChI=1S/C12H17BrFNO/c1-8(2)12(16)7-15-6-9-3-4-10(13)5-11(9)14/h3-5,8,12,15-16H,6-7H2,1-2H3. The van der Waals surface area contributed by atoms with E-state index in [-0.39, 0.29) is 11.7 Å². The van der Waals surface area contributed by atoms with Crippen molar-refractivity contribution in [1.82, 2.24) is 5.32 Å². The number of hydrogen-bond donors (Lipinski definition) is 2. The second kappa shape index (κ2) is 6.33. The van der Waals surface area contributed by atoms with Crippen LogP contribution in [0.1, 0.15) is 19.4 Å². The summed E-state index contributed by atoms with van der Waals surface area (Å²) in [7, 11) is 0. The van der Waals surface area contributed by atoms with Gasteiger partial charge in [0.2, 0.25) is 0 Å². The molecule has 0 aliphatic heterocycles. The van der Waals surface area contributed by atoms with Crippen molar-refractivity contribution in [2.75, 3.05) is 6.54 Å². The van der Waals surface area contributed by atoms with E-state index in [1.165, 1.54) is 6.07 Å². The fourth-order valence-corrected chi connectivity index (χ4v) is 1.59. The Kier molecular flexibility index (Phi) is 5.38. The fourth-order valence-electron chi connectivity index (χ4n) is 1.26. The van der Waals surface area contributed by atoms with Crippen LogP contribution in [0.4, 0.5) is 4.39 Å². The van der Waals surface area contributed by atoms with Crippen molar-refractivity contribution in [1.29, 1.82) is 0 Å².